The number of hydrogen-bond acceptors (Lipinski definition) is 5. The Hall–Kier alpha value is -4.78. The Balaban J connectivity index is 1.68. The summed E-state index contributed by atoms with van der Waals surface area (Å²) in [7, 11) is 0. The maximum absolute atomic E-state index is 15.9. The van der Waals surface area contributed by atoms with Crippen molar-refractivity contribution < 1.29 is 36.6 Å². The topological polar surface area (TPSA) is 103 Å². The molecule has 13 heteroatoms. The molecule has 0 spiro atoms. The van der Waals surface area contributed by atoms with Gasteiger partial charge in [-0.25, -0.2) is 13.6 Å². The minimum absolute atomic E-state index is 0.0791. The molecule has 1 aromatic heterocycles. The zero-order chi connectivity index (χ0) is 33.2. The van der Waals surface area contributed by atoms with Crippen molar-refractivity contribution in [3.8, 4) is 16.9 Å². The number of carbonyl (C=O) groups is 1. The number of nitrogens with zero attached hydrogens (tertiary/aromatic N) is 2. The first kappa shape index (κ1) is 32.6. The summed E-state index contributed by atoms with van der Waals surface area (Å²) in [5.74, 6) is -3.54. The van der Waals surface area contributed by atoms with Crippen LogP contribution >= 0.6 is 0 Å². The first-order valence-corrected chi connectivity index (χ1v) is 14.5. The number of aliphatic carboxylic acids is 1. The van der Waals surface area contributed by atoms with Crippen molar-refractivity contribution in [1.82, 2.24) is 14.5 Å². The average molecular weight is 644 g/mol. The van der Waals surface area contributed by atoms with E-state index in [4.69, 9.17) is 9.84 Å². The van der Waals surface area contributed by atoms with E-state index in [1.54, 1.807) is 6.07 Å². The van der Waals surface area contributed by atoms with Crippen LogP contribution in [0, 0.1) is 18.6 Å². The van der Waals surface area contributed by atoms with E-state index in [1.807, 2.05) is 18.2 Å². The van der Waals surface area contributed by atoms with Gasteiger partial charge in [0.1, 0.15) is 5.82 Å². The molecule has 0 amide bonds. The number of nitrogens with one attached hydrogen (secondary N) is 1. The van der Waals surface area contributed by atoms with E-state index in [2.05, 4.69) is 5.32 Å². The van der Waals surface area contributed by atoms with Crippen LogP contribution in [-0.2, 0) is 30.5 Å². The molecule has 46 heavy (non-hydrogen) atoms. The van der Waals surface area contributed by atoms with Crippen molar-refractivity contribution in [2.45, 2.75) is 51.5 Å². The number of hydrogen-bond donors (Lipinski definition) is 2. The first-order chi connectivity index (χ1) is 21.9. The Kier molecular flexibility index (Phi) is 9.42. The van der Waals surface area contributed by atoms with Crippen molar-refractivity contribution in [2.75, 3.05) is 13.2 Å². The van der Waals surface area contributed by atoms with Gasteiger partial charge in [-0.1, -0.05) is 42.5 Å². The predicted molar refractivity (Wildman–Crippen MR) is 159 cm³/mol. The van der Waals surface area contributed by atoms with Gasteiger partial charge < -0.3 is 15.2 Å². The lowest BCUT2D eigenvalue weighted by molar-refractivity contribution is -0.139. The molecule has 1 aliphatic heterocycles. The standard InChI is InChI=1S/C33H30F5N3O5/c1-19-29(22-9-4-12-27(30(22)35)46-16-6-13-28(42)43)31(44)41(18-26-21-8-3-2-7-20(21)14-15-39-26)32(45)40(19)17-23-24(33(36,37)38)10-5-11-25(23)34/h2-5,7-12,26,39H,6,13-18H2,1H3,(H,42,43). The lowest BCUT2D eigenvalue weighted by atomic mass is 9.94. The number of carboxylic acid groups (broad SMARTS) is 1. The molecule has 1 atom stereocenters. The maximum atomic E-state index is 15.9. The highest BCUT2D eigenvalue weighted by atomic mass is 19.4. The van der Waals surface area contributed by atoms with E-state index in [0.29, 0.717) is 19.0 Å². The van der Waals surface area contributed by atoms with Crippen molar-refractivity contribution in [1.29, 1.82) is 0 Å². The van der Waals surface area contributed by atoms with Gasteiger partial charge in [0, 0.05) is 23.2 Å². The molecule has 2 heterocycles. The summed E-state index contributed by atoms with van der Waals surface area (Å²) in [5.41, 5.74) is -2.95. The molecule has 0 fully saturated rings. The Morgan fingerprint density at radius 2 is 1.76 bits per heavy atom. The largest absolute Gasteiger partial charge is 0.490 e. The Morgan fingerprint density at radius 1 is 1.02 bits per heavy atom. The molecule has 242 valence electrons. The van der Waals surface area contributed by atoms with Gasteiger partial charge in [-0.2, -0.15) is 13.2 Å². The van der Waals surface area contributed by atoms with Gasteiger partial charge in [-0.15, -0.1) is 0 Å². The number of aromatic nitrogens is 2. The maximum Gasteiger partial charge on any atom is 0.416 e. The number of fused-ring (bicyclic) bond motifs is 1. The minimum atomic E-state index is -4.94. The SMILES string of the molecule is Cc1c(-c2cccc(OCCCC(=O)O)c2F)c(=O)n(CC2NCCc3ccccc32)c(=O)n1Cc1c(F)cccc1C(F)(F)F. The summed E-state index contributed by atoms with van der Waals surface area (Å²) < 4.78 is 79.8. The highest BCUT2D eigenvalue weighted by molar-refractivity contribution is 5.68. The fraction of sp³-hybridized carbons (Fsp3) is 0.303. The van der Waals surface area contributed by atoms with E-state index in [9.17, 15) is 31.9 Å². The van der Waals surface area contributed by atoms with Crippen molar-refractivity contribution >= 4 is 5.97 Å². The van der Waals surface area contributed by atoms with Crippen molar-refractivity contribution in [3.05, 3.63) is 121 Å². The summed E-state index contributed by atoms with van der Waals surface area (Å²) in [4.78, 5) is 38.9. The molecule has 0 bridgehead atoms. The van der Waals surface area contributed by atoms with Crippen molar-refractivity contribution in [3.63, 3.8) is 0 Å². The molecule has 0 saturated carbocycles. The van der Waals surface area contributed by atoms with Crippen LogP contribution in [0.2, 0.25) is 0 Å². The fourth-order valence-corrected chi connectivity index (χ4v) is 5.76. The smallest absolute Gasteiger partial charge is 0.416 e. The monoisotopic (exact) mass is 643 g/mol. The number of rotatable bonds is 10. The Labute approximate surface area is 259 Å². The summed E-state index contributed by atoms with van der Waals surface area (Å²) in [6.45, 7) is 0.545. The average Bonchev–Trinajstić information content (AvgIpc) is 3.01. The molecule has 0 saturated heterocycles. The van der Waals surface area contributed by atoms with Crippen LogP contribution in [0.5, 0.6) is 5.75 Å². The number of ether oxygens (including phenoxy) is 1. The first-order valence-electron chi connectivity index (χ1n) is 14.5. The molecule has 8 nitrogen and oxygen atoms in total. The van der Waals surface area contributed by atoms with Gasteiger partial charge in [-0.3, -0.25) is 18.7 Å². The van der Waals surface area contributed by atoms with E-state index >= 15 is 4.39 Å². The number of carboxylic acids is 1. The van der Waals surface area contributed by atoms with E-state index in [-0.39, 0.29) is 48.6 Å². The minimum Gasteiger partial charge on any atom is -0.490 e. The summed E-state index contributed by atoms with van der Waals surface area (Å²) in [6.07, 6.45) is -4.39. The van der Waals surface area contributed by atoms with Gasteiger partial charge in [-0.05, 0) is 55.6 Å². The third kappa shape index (κ3) is 6.59. The van der Waals surface area contributed by atoms with E-state index in [1.165, 1.54) is 25.1 Å². The van der Waals surface area contributed by atoms with Crippen LogP contribution in [0.4, 0.5) is 22.0 Å². The fourth-order valence-electron chi connectivity index (χ4n) is 5.76. The second-order valence-electron chi connectivity index (χ2n) is 10.9. The van der Waals surface area contributed by atoms with Crippen LogP contribution in [0.1, 0.15) is 46.8 Å². The summed E-state index contributed by atoms with van der Waals surface area (Å²) in [5, 5.41) is 12.1. The number of halogens is 5. The Morgan fingerprint density at radius 3 is 2.50 bits per heavy atom. The molecular weight excluding hydrogens is 613 g/mol. The van der Waals surface area contributed by atoms with Crippen LogP contribution in [0.3, 0.4) is 0 Å². The van der Waals surface area contributed by atoms with Crippen molar-refractivity contribution in [2.24, 2.45) is 0 Å². The summed E-state index contributed by atoms with van der Waals surface area (Å²) in [6, 6.07) is 13.3. The van der Waals surface area contributed by atoms with Crippen LogP contribution < -0.4 is 21.3 Å². The third-order valence-electron chi connectivity index (χ3n) is 8.03. The highest BCUT2D eigenvalue weighted by Gasteiger charge is 2.35. The third-order valence-corrected chi connectivity index (χ3v) is 8.03. The van der Waals surface area contributed by atoms with Gasteiger partial charge in [0.05, 0.1) is 36.9 Å². The molecule has 0 aliphatic carbocycles. The molecule has 4 aromatic rings. The molecule has 3 aromatic carbocycles. The molecule has 1 aliphatic rings. The van der Waals surface area contributed by atoms with Gasteiger partial charge in [0.15, 0.2) is 11.6 Å². The number of alkyl halides is 3. The quantitative estimate of drug-likeness (QED) is 0.176. The molecular formula is C33H30F5N3O5. The number of benzene rings is 3. The summed E-state index contributed by atoms with van der Waals surface area (Å²) >= 11 is 0. The van der Waals surface area contributed by atoms with Gasteiger partial charge >= 0.3 is 17.8 Å². The zero-order valence-electron chi connectivity index (χ0n) is 24.7. The molecule has 0 radical (unpaired) electrons. The molecule has 1 unspecified atom stereocenters. The van der Waals surface area contributed by atoms with Crippen LogP contribution in [0.15, 0.2) is 70.3 Å². The zero-order valence-corrected chi connectivity index (χ0v) is 24.7. The normalized spacial score (nSPS) is 14.6. The van der Waals surface area contributed by atoms with E-state index in [0.717, 1.165) is 32.4 Å². The molecule has 2 N–H and O–H groups in total. The van der Waals surface area contributed by atoms with Gasteiger partial charge in [0.2, 0.25) is 0 Å². The highest BCUT2D eigenvalue weighted by Crippen LogP contribution is 2.34. The lowest BCUT2D eigenvalue weighted by Gasteiger charge is -2.28. The van der Waals surface area contributed by atoms with Crippen LogP contribution in [-0.4, -0.2) is 33.4 Å². The second-order valence-corrected chi connectivity index (χ2v) is 10.9. The second kappa shape index (κ2) is 13.3. The van der Waals surface area contributed by atoms with E-state index < -0.39 is 58.7 Å². The van der Waals surface area contributed by atoms with Crippen LogP contribution in [0.25, 0.3) is 11.1 Å². The van der Waals surface area contributed by atoms with Gasteiger partial charge in [0.25, 0.3) is 5.56 Å². The predicted octanol–water partition coefficient (Wildman–Crippen LogP) is 5.46. The Bertz CT molecular complexity index is 1900. The molecule has 5 rings (SSSR count). The lowest BCUT2D eigenvalue weighted by Crippen LogP contribution is -2.46.